The molecule has 0 amide bonds. The van der Waals surface area contributed by atoms with E-state index in [2.05, 4.69) is 23.8 Å². The molecule has 0 unspecified atom stereocenters. The van der Waals surface area contributed by atoms with Gasteiger partial charge >= 0.3 is 0 Å². The Hall–Kier alpha value is -0.570. The van der Waals surface area contributed by atoms with Crippen LogP contribution in [0, 0.1) is 0 Å². The Bertz CT molecular complexity index is 197. The van der Waals surface area contributed by atoms with Crippen LogP contribution in [0.4, 0.5) is 0 Å². The molecule has 0 aromatic rings. The molecule has 1 aliphatic carbocycles. The molecule has 2 nitrogen and oxygen atoms in total. The summed E-state index contributed by atoms with van der Waals surface area (Å²) >= 11 is 5.29. The predicted octanol–water partition coefficient (Wildman–Crippen LogP) is 2.31. The van der Waals surface area contributed by atoms with Crippen molar-refractivity contribution < 1.29 is 0 Å². The van der Waals surface area contributed by atoms with Crippen LogP contribution in [0.2, 0.25) is 0 Å². The van der Waals surface area contributed by atoms with E-state index < -0.39 is 0 Å². The lowest BCUT2D eigenvalue weighted by Crippen LogP contribution is -2.44. The number of hydrogen-bond acceptors (Lipinski definition) is 1. The first kappa shape index (κ1) is 11.5. The highest BCUT2D eigenvalue weighted by Crippen LogP contribution is 2.21. The molecular weight excluding hydrogens is 192 g/mol. The molecule has 1 saturated carbocycles. The van der Waals surface area contributed by atoms with Gasteiger partial charge in [-0.3, -0.25) is 0 Å². The van der Waals surface area contributed by atoms with Crippen molar-refractivity contribution in [1.82, 2.24) is 10.2 Å². The quantitative estimate of drug-likeness (QED) is 0.571. The number of rotatable bonds is 3. The summed E-state index contributed by atoms with van der Waals surface area (Å²) in [6.07, 6.45) is 8.48. The van der Waals surface area contributed by atoms with Crippen LogP contribution in [-0.4, -0.2) is 29.6 Å². The molecule has 0 saturated heterocycles. The van der Waals surface area contributed by atoms with Gasteiger partial charge in [-0.05, 0) is 25.1 Å². The van der Waals surface area contributed by atoms with Gasteiger partial charge in [0.2, 0.25) is 0 Å². The second-order valence-corrected chi connectivity index (χ2v) is 4.26. The van der Waals surface area contributed by atoms with Crippen LogP contribution in [0.5, 0.6) is 0 Å². The molecule has 1 rings (SSSR count). The Balaban J connectivity index is 2.33. The van der Waals surface area contributed by atoms with Gasteiger partial charge < -0.3 is 10.2 Å². The molecule has 3 heteroatoms. The maximum absolute atomic E-state index is 5.29. The van der Waals surface area contributed by atoms with Gasteiger partial charge in [-0.1, -0.05) is 25.3 Å². The van der Waals surface area contributed by atoms with E-state index in [1.54, 1.807) is 0 Å². The molecule has 80 valence electrons. The van der Waals surface area contributed by atoms with Crippen LogP contribution in [0.1, 0.15) is 32.1 Å². The minimum absolute atomic E-state index is 0.647. The van der Waals surface area contributed by atoms with Gasteiger partial charge in [-0.25, -0.2) is 0 Å². The third-order valence-electron chi connectivity index (χ3n) is 2.84. The standard InChI is InChI=1S/C11H20N2S/c1-3-9-12-11(14)13(2)10-7-5-4-6-8-10/h3,10H,1,4-9H2,2H3,(H,12,14). The van der Waals surface area contributed by atoms with Gasteiger partial charge in [0.05, 0.1) is 0 Å². The fraction of sp³-hybridized carbons (Fsp3) is 0.727. The minimum Gasteiger partial charge on any atom is -0.359 e. The molecule has 1 aliphatic rings. The van der Waals surface area contributed by atoms with Crippen LogP contribution in [0.15, 0.2) is 12.7 Å². The van der Waals surface area contributed by atoms with Crippen LogP contribution in [0.25, 0.3) is 0 Å². The fourth-order valence-electron chi connectivity index (χ4n) is 1.92. The molecule has 1 fully saturated rings. The first-order valence-corrected chi connectivity index (χ1v) is 5.78. The highest BCUT2D eigenvalue weighted by Gasteiger charge is 2.19. The van der Waals surface area contributed by atoms with E-state index in [-0.39, 0.29) is 0 Å². The van der Waals surface area contributed by atoms with E-state index in [9.17, 15) is 0 Å². The number of nitrogens with one attached hydrogen (secondary N) is 1. The van der Waals surface area contributed by atoms with Gasteiger partial charge in [0.15, 0.2) is 5.11 Å². The first-order valence-electron chi connectivity index (χ1n) is 5.37. The van der Waals surface area contributed by atoms with Crippen molar-refractivity contribution >= 4 is 17.3 Å². The number of hydrogen-bond donors (Lipinski definition) is 1. The van der Waals surface area contributed by atoms with Crippen LogP contribution in [0.3, 0.4) is 0 Å². The summed E-state index contributed by atoms with van der Waals surface area (Å²) in [5.74, 6) is 0. The van der Waals surface area contributed by atoms with E-state index in [0.717, 1.165) is 11.7 Å². The lowest BCUT2D eigenvalue weighted by atomic mass is 9.95. The maximum Gasteiger partial charge on any atom is 0.169 e. The van der Waals surface area contributed by atoms with Crippen molar-refractivity contribution in [3.05, 3.63) is 12.7 Å². The van der Waals surface area contributed by atoms with Crippen molar-refractivity contribution in [3.8, 4) is 0 Å². The Morgan fingerprint density at radius 1 is 1.50 bits per heavy atom. The monoisotopic (exact) mass is 212 g/mol. The van der Waals surface area contributed by atoms with E-state index in [1.807, 2.05) is 6.08 Å². The lowest BCUT2D eigenvalue weighted by Gasteiger charge is -2.33. The largest absolute Gasteiger partial charge is 0.359 e. The zero-order valence-corrected chi connectivity index (χ0v) is 9.78. The van der Waals surface area contributed by atoms with Crippen molar-refractivity contribution in [2.24, 2.45) is 0 Å². The highest BCUT2D eigenvalue weighted by atomic mass is 32.1. The maximum atomic E-state index is 5.29. The summed E-state index contributed by atoms with van der Waals surface area (Å²) in [5, 5.41) is 4.03. The molecule has 1 N–H and O–H groups in total. The molecule has 0 aromatic carbocycles. The third-order valence-corrected chi connectivity index (χ3v) is 3.27. The molecule has 0 atom stereocenters. The van der Waals surface area contributed by atoms with E-state index in [4.69, 9.17) is 12.2 Å². The zero-order chi connectivity index (χ0) is 10.4. The van der Waals surface area contributed by atoms with E-state index in [1.165, 1.54) is 32.1 Å². The van der Waals surface area contributed by atoms with Crippen LogP contribution >= 0.6 is 12.2 Å². The SMILES string of the molecule is C=CCNC(=S)N(C)C1CCCCC1. The summed E-state index contributed by atoms with van der Waals surface area (Å²) in [6, 6.07) is 0.647. The van der Waals surface area contributed by atoms with Gasteiger partial charge in [-0.2, -0.15) is 0 Å². The predicted molar refractivity (Wildman–Crippen MR) is 65.4 cm³/mol. The Morgan fingerprint density at radius 3 is 2.71 bits per heavy atom. The average molecular weight is 212 g/mol. The van der Waals surface area contributed by atoms with Crippen molar-refractivity contribution in [2.45, 2.75) is 38.1 Å². The lowest BCUT2D eigenvalue weighted by molar-refractivity contribution is 0.276. The topological polar surface area (TPSA) is 15.3 Å². The zero-order valence-electron chi connectivity index (χ0n) is 8.96. The Labute approximate surface area is 92.4 Å². The molecule has 0 aliphatic heterocycles. The first-order chi connectivity index (χ1) is 6.75. The Morgan fingerprint density at radius 2 is 2.14 bits per heavy atom. The van der Waals surface area contributed by atoms with Gasteiger partial charge in [0.25, 0.3) is 0 Å². The smallest absolute Gasteiger partial charge is 0.169 e. The van der Waals surface area contributed by atoms with E-state index >= 15 is 0 Å². The second kappa shape index (κ2) is 6.02. The summed E-state index contributed by atoms with van der Waals surface area (Å²) in [4.78, 5) is 2.21. The number of thiocarbonyl (C=S) groups is 1. The molecule has 0 radical (unpaired) electrons. The summed E-state index contributed by atoms with van der Waals surface area (Å²) in [5.41, 5.74) is 0. The molecule has 0 spiro atoms. The van der Waals surface area contributed by atoms with Gasteiger partial charge in [-0.15, -0.1) is 6.58 Å². The summed E-state index contributed by atoms with van der Waals surface area (Å²) in [7, 11) is 2.09. The van der Waals surface area contributed by atoms with Gasteiger partial charge in [0, 0.05) is 19.6 Å². The van der Waals surface area contributed by atoms with Crippen molar-refractivity contribution in [2.75, 3.05) is 13.6 Å². The van der Waals surface area contributed by atoms with Crippen LogP contribution < -0.4 is 5.32 Å². The third kappa shape index (κ3) is 3.29. The van der Waals surface area contributed by atoms with E-state index in [0.29, 0.717) is 6.04 Å². The molecule has 0 aromatic heterocycles. The normalized spacial score (nSPS) is 17.5. The van der Waals surface area contributed by atoms with Crippen LogP contribution in [-0.2, 0) is 0 Å². The van der Waals surface area contributed by atoms with Crippen molar-refractivity contribution in [3.63, 3.8) is 0 Å². The van der Waals surface area contributed by atoms with Gasteiger partial charge in [0.1, 0.15) is 0 Å². The fourth-order valence-corrected chi connectivity index (χ4v) is 2.15. The molecule has 0 bridgehead atoms. The molecular formula is C11H20N2S. The summed E-state index contributed by atoms with van der Waals surface area (Å²) < 4.78 is 0. The number of nitrogens with zero attached hydrogens (tertiary/aromatic N) is 1. The van der Waals surface area contributed by atoms with Crippen molar-refractivity contribution in [1.29, 1.82) is 0 Å². The molecule has 14 heavy (non-hydrogen) atoms. The average Bonchev–Trinajstić information content (AvgIpc) is 2.26. The minimum atomic E-state index is 0.647. The summed E-state index contributed by atoms with van der Waals surface area (Å²) in [6.45, 7) is 4.42. The Kier molecular flexibility index (Phi) is 4.94. The molecule has 0 heterocycles. The second-order valence-electron chi connectivity index (χ2n) is 3.88. The highest BCUT2D eigenvalue weighted by molar-refractivity contribution is 7.80.